The summed E-state index contributed by atoms with van der Waals surface area (Å²) in [4.78, 5) is 19.6. The van der Waals surface area contributed by atoms with Crippen LogP contribution in [0.15, 0.2) is 54.7 Å². The number of nitrogens with one attached hydrogen (secondary N) is 1. The average molecular weight is 389 g/mol. The van der Waals surface area contributed by atoms with Crippen LogP contribution < -0.4 is 5.32 Å². The zero-order valence-electron chi connectivity index (χ0n) is 17.2. The smallest absolute Gasteiger partial charge is 0.255 e. The number of pyridine rings is 1. The van der Waals surface area contributed by atoms with Gasteiger partial charge in [0.2, 0.25) is 0 Å². The van der Waals surface area contributed by atoms with Gasteiger partial charge in [-0.2, -0.15) is 0 Å². The molecule has 2 atom stereocenters. The van der Waals surface area contributed by atoms with Gasteiger partial charge in [-0.3, -0.25) is 14.7 Å². The van der Waals surface area contributed by atoms with Crippen molar-refractivity contribution in [1.82, 2.24) is 9.88 Å². The van der Waals surface area contributed by atoms with Crippen molar-refractivity contribution >= 4 is 22.5 Å². The van der Waals surface area contributed by atoms with E-state index in [0.29, 0.717) is 5.56 Å². The van der Waals surface area contributed by atoms with Crippen LogP contribution in [0.2, 0.25) is 0 Å². The molecule has 29 heavy (non-hydrogen) atoms. The number of carbonyl (C=O) groups is 1. The quantitative estimate of drug-likeness (QED) is 0.718. The number of hydrogen-bond acceptors (Lipinski definition) is 4. The number of ether oxygens (including phenoxy) is 1. The summed E-state index contributed by atoms with van der Waals surface area (Å²) in [5, 5.41) is 3.99. The van der Waals surface area contributed by atoms with Crippen molar-refractivity contribution in [3.8, 4) is 0 Å². The Morgan fingerprint density at radius 1 is 1.10 bits per heavy atom. The van der Waals surface area contributed by atoms with Crippen molar-refractivity contribution in [2.75, 3.05) is 18.4 Å². The molecule has 0 saturated carbocycles. The second-order valence-electron chi connectivity index (χ2n) is 7.93. The van der Waals surface area contributed by atoms with Crippen molar-refractivity contribution in [2.45, 2.75) is 39.5 Å². The van der Waals surface area contributed by atoms with Crippen LogP contribution in [0, 0.1) is 6.92 Å². The lowest BCUT2D eigenvalue weighted by Crippen LogP contribution is -2.44. The fourth-order valence-corrected chi connectivity index (χ4v) is 4.05. The van der Waals surface area contributed by atoms with E-state index in [-0.39, 0.29) is 18.1 Å². The molecular weight excluding hydrogens is 362 g/mol. The maximum atomic E-state index is 12.8. The Labute approximate surface area is 171 Å². The predicted molar refractivity (Wildman–Crippen MR) is 116 cm³/mol. The van der Waals surface area contributed by atoms with Crippen LogP contribution in [0.3, 0.4) is 0 Å². The maximum Gasteiger partial charge on any atom is 0.255 e. The van der Waals surface area contributed by atoms with Gasteiger partial charge in [0, 0.05) is 36.8 Å². The highest BCUT2D eigenvalue weighted by Gasteiger charge is 2.22. The number of fused-ring (bicyclic) bond motifs is 1. The number of carbonyl (C=O) groups excluding carboxylic acids is 1. The summed E-state index contributed by atoms with van der Waals surface area (Å²) in [7, 11) is 0. The van der Waals surface area contributed by atoms with Crippen LogP contribution in [0.25, 0.3) is 10.9 Å². The van der Waals surface area contributed by atoms with Crippen molar-refractivity contribution in [3.05, 3.63) is 71.4 Å². The van der Waals surface area contributed by atoms with Crippen LogP contribution in [0.1, 0.15) is 35.3 Å². The molecule has 1 aromatic heterocycles. The summed E-state index contributed by atoms with van der Waals surface area (Å²) in [6, 6.07) is 15.7. The number of morpholine rings is 1. The first-order chi connectivity index (χ1) is 14.0. The standard InChI is InChI=1S/C24H27N3O2/c1-16-6-11-22(21-5-4-12-25-23(16)21)26-24(28)20-9-7-19(8-10-20)15-27-13-17(2)29-18(3)14-27/h4-12,17-18H,13-15H2,1-3H3,(H,26,28). The van der Waals surface area contributed by atoms with Crippen LogP contribution in [0.5, 0.6) is 0 Å². The average Bonchev–Trinajstić information content (AvgIpc) is 2.70. The molecule has 0 aliphatic carbocycles. The number of nitrogens with zero attached hydrogens (tertiary/aromatic N) is 2. The molecular formula is C24H27N3O2. The monoisotopic (exact) mass is 389 g/mol. The minimum atomic E-state index is -0.112. The molecule has 5 nitrogen and oxygen atoms in total. The highest BCUT2D eigenvalue weighted by atomic mass is 16.5. The summed E-state index contributed by atoms with van der Waals surface area (Å²) in [6.07, 6.45) is 2.28. The third-order valence-corrected chi connectivity index (χ3v) is 5.34. The van der Waals surface area contributed by atoms with E-state index in [1.807, 2.05) is 55.5 Å². The van der Waals surface area contributed by atoms with Crippen LogP contribution in [-0.4, -0.2) is 41.1 Å². The molecule has 2 unspecified atom stereocenters. The van der Waals surface area contributed by atoms with Gasteiger partial charge >= 0.3 is 0 Å². The number of anilines is 1. The summed E-state index contributed by atoms with van der Waals surface area (Å²) in [6.45, 7) is 8.98. The van der Waals surface area contributed by atoms with Gasteiger partial charge < -0.3 is 10.1 Å². The minimum Gasteiger partial charge on any atom is -0.373 e. The lowest BCUT2D eigenvalue weighted by atomic mass is 10.1. The molecule has 0 spiro atoms. The summed E-state index contributed by atoms with van der Waals surface area (Å²) in [5.74, 6) is -0.112. The van der Waals surface area contributed by atoms with E-state index < -0.39 is 0 Å². The van der Waals surface area contributed by atoms with Gasteiger partial charge in [0.15, 0.2) is 0 Å². The topological polar surface area (TPSA) is 54.5 Å². The van der Waals surface area contributed by atoms with Crippen LogP contribution >= 0.6 is 0 Å². The summed E-state index contributed by atoms with van der Waals surface area (Å²) in [5.41, 5.74) is 4.64. The fourth-order valence-electron chi connectivity index (χ4n) is 4.05. The Hall–Kier alpha value is -2.76. The van der Waals surface area contributed by atoms with Gasteiger partial charge in [-0.15, -0.1) is 0 Å². The van der Waals surface area contributed by atoms with E-state index in [9.17, 15) is 4.79 Å². The van der Waals surface area contributed by atoms with E-state index in [4.69, 9.17) is 4.74 Å². The molecule has 0 bridgehead atoms. The molecule has 2 heterocycles. The summed E-state index contributed by atoms with van der Waals surface area (Å²) < 4.78 is 5.80. The molecule has 150 valence electrons. The Balaban J connectivity index is 1.46. The Morgan fingerprint density at radius 2 is 1.83 bits per heavy atom. The number of aryl methyl sites for hydroxylation is 1. The van der Waals surface area contributed by atoms with Gasteiger partial charge in [0.25, 0.3) is 5.91 Å². The van der Waals surface area contributed by atoms with Crippen molar-refractivity contribution in [3.63, 3.8) is 0 Å². The molecule has 0 radical (unpaired) electrons. The number of hydrogen-bond donors (Lipinski definition) is 1. The van der Waals surface area contributed by atoms with E-state index in [0.717, 1.165) is 41.8 Å². The Bertz CT molecular complexity index is 1010. The van der Waals surface area contributed by atoms with Crippen molar-refractivity contribution in [2.24, 2.45) is 0 Å². The van der Waals surface area contributed by atoms with Gasteiger partial charge in [0.05, 0.1) is 23.4 Å². The Morgan fingerprint density at radius 3 is 2.55 bits per heavy atom. The number of amides is 1. The number of aromatic nitrogens is 1. The largest absolute Gasteiger partial charge is 0.373 e. The third-order valence-electron chi connectivity index (χ3n) is 5.34. The van der Waals surface area contributed by atoms with Crippen LogP contribution in [-0.2, 0) is 11.3 Å². The second kappa shape index (κ2) is 8.31. The Kier molecular flexibility index (Phi) is 5.60. The first-order valence-electron chi connectivity index (χ1n) is 10.1. The number of benzene rings is 2. The maximum absolute atomic E-state index is 12.8. The summed E-state index contributed by atoms with van der Waals surface area (Å²) >= 11 is 0. The van der Waals surface area contributed by atoms with Gasteiger partial charge in [0.1, 0.15) is 0 Å². The first kappa shape index (κ1) is 19.6. The fraction of sp³-hybridized carbons (Fsp3) is 0.333. The minimum absolute atomic E-state index is 0.112. The molecule has 5 heteroatoms. The zero-order valence-corrected chi connectivity index (χ0v) is 17.2. The highest BCUT2D eigenvalue weighted by Crippen LogP contribution is 2.25. The lowest BCUT2D eigenvalue weighted by Gasteiger charge is -2.35. The SMILES string of the molecule is Cc1ccc(NC(=O)c2ccc(CN3CC(C)OC(C)C3)cc2)c2cccnc12. The molecule has 3 aromatic rings. The van der Waals surface area contributed by atoms with E-state index >= 15 is 0 Å². The van der Waals surface area contributed by atoms with Gasteiger partial charge in [-0.05, 0) is 62.2 Å². The van der Waals surface area contributed by atoms with Crippen LogP contribution in [0.4, 0.5) is 5.69 Å². The molecule has 1 aliphatic heterocycles. The van der Waals surface area contributed by atoms with Gasteiger partial charge in [-0.25, -0.2) is 0 Å². The zero-order chi connectivity index (χ0) is 20.4. The molecule has 1 saturated heterocycles. The van der Waals surface area contributed by atoms with E-state index in [1.165, 1.54) is 5.56 Å². The third kappa shape index (κ3) is 4.47. The van der Waals surface area contributed by atoms with E-state index in [2.05, 4.69) is 29.0 Å². The lowest BCUT2D eigenvalue weighted by molar-refractivity contribution is -0.0704. The van der Waals surface area contributed by atoms with Gasteiger partial charge in [-0.1, -0.05) is 18.2 Å². The van der Waals surface area contributed by atoms with Crippen molar-refractivity contribution < 1.29 is 9.53 Å². The molecule has 1 aliphatic rings. The molecule has 2 aromatic carbocycles. The molecule has 1 amide bonds. The second-order valence-corrected chi connectivity index (χ2v) is 7.93. The normalized spacial score (nSPS) is 20.0. The highest BCUT2D eigenvalue weighted by molar-refractivity contribution is 6.09. The van der Waals surface area contributed by atoms with Crippen molar-refractivity contribution in [1.29, 1.82) is 0 Å². The van der Waals surface area contributed by atoms with E-state index in [1.54, 1.807) is 6.20 Å². The predicted octanol–water partition coefficient (Wildman–Crippen LogP) is 4.40. The molecule has 1 N–H and O–H groups in total. The first-order valence-corrected chi connectivity index (χ1v) is 10.1. The molecule has 4 rings (SSSR count). The number of rotatable bonds is 4. The molecule has 1 fully saturated rings.